The largest absolute Gasteiger partial charge is 0.316 e. The van der Waals surface area contributed by atoms with E-state index in [0.29, 0.717) is 5.56 Å². The molecule has 100 valence electrons. The standard InChI is InChI=1S/C11H16N2O4S/c1-8(2)18(16,17)11-5-4-10(13(14)15)6-9(11)7-12-3/h4-6,8,12H,7H2,1-3H3. The van der Waals surface area contributed by atoms with Crippen molar-refractivity contribution < 1.29 is 13.3 Å². The maximum atomic E-state index is 12.1. The molecule has 6 nitrogen and oxygen atoms in total. The second kappa shape index (κ2) is 5.45. The molecule has 0 heterocycles. The van der Waals surface area contributed by atoms with Gasteiger partial charge in [0.05, 0.1) is 15.1 Å². The fourth-order valence-corrected chi connectivity index (χ4v) is 2.80. The van der Waals surface area contributed by atoms with Crippen LogP contribution in [0.15, 0.2) is 23.1 Å². The first-order valence-corrected chi connectivity index (χ1v) is 7.01. The fourth-order valence-electron chi connectivity index (χ4n) is 1.54. The van der Waals surface area contributed by atoms with Crippen molar-refractivity contribution in [3.8, 4) is 0 Å². The van der Waals surface area contributed by atoms with Gasteiger partial charge in [0, 0.05) is 18.7 Å². The zero-order valence-electron chi connectivity index (χ0n) is 10.5. The zero-order valence-corrected chi connectivity index (χ0v) is 11.3. The molecular formula is C11H16N2O4S. The van der Waals surface area contributed by atoms with Crippen LogP contribution in [-0.4, -0.2) is 25.6 Å². The molecule has 0 aromatic heterocycles. The number of hydrogen-bond acceptors (Lipinski definition) is 5. The highest BCUT2D eigenvalue weighted by molar-refractivity contribution is 7.92. The van der Waals surface area contributed by atoms with E-state index in [2.05, 4.69) is 5.32 Å². The van der Waals surface area contributed by atoms with Gasteiger partial charge in [0.2, 0.25) is 0 Å². The average molecular weight is 272 g/mol. The normalized spacial score (nSPS) is 11.8. The molecule has 18 heavy (non-hydrogen) atoms. The lowest BCUT2D eigenvalue weighted by molar-refractivity contribution is -0.385. The molecule has 0 radical (unpaired) electrons. The summed E-state index contributed by atoms with van der Waals surface area (Å²) in [7, 11) is -1.78. The summed E-state index contributed by atoms with van der Waals surface area (Å²) in [4.78, 5) is 10.3. The van der Waals surface area contributed by atoms with Crippen molar-refractivity contribution in [1.29, 1.82) is 0 Å². The molecule has 1 aromatic rings. The van der Waals surface area contributed by atoms with E-state index in [4.69, 9.17) is 0 Å². The van der Waals surface area contributed by atoms with E-state index in [1.807, 2.05) is 0 Å². The first kappa shape index (κ1) is 14.6. The molecule has 1 aromatic carbocycles. The minimum Gasteiger partial charge on any atom is -0.316 e. The van der Waals surface area contributed by atoms with Crippen molar-refractivity contribution in [2.45, 2.75) is 30.5 Å². The van der Waals surface area contributed by atoms with Gasteiger partial charge in [-0.1, -0.05) is 0 Å². The van der Waals surface area contributed by atoms with Crippen LogP contribution in [0.4, 0.5) is 5.69 Å². The lowest BCUT2D eigenvalue weighted by atomic mass is 10.2. The number of hydrogen-bond donors (Lipinski definition) is 1. The van der Waals surface area contributed by atoms with Crippen LogP contribution in [0.2, 0.25) is 0 Å². The van der Waals surface area contributed by atoms with Crippen LogP contribution in [0.5, 0.6) is 0 Å². The third-order valence-corrected chi connectivity index (χ3v) is 4.80. The van der Waals surface area contributed by atoms with E-state index < -0.39 is 20.0 Å². The topological polar surface area (TPSA) is 89.3 Å². The van der Waals surface area contributed by atoms with Crippen LogP contribution >= 0.6 is 0 Å². The van der Waals surface area contributed by atoms with Crippen molar-refractivity contribution in [3.63, 3.8) is 0 Å². The van der Waals surface area contributed by atoms with Crippen molar-refractivity contribution in [1.82, 2.24) is 5.32 Å². The fraction of sp³-hybridized carbons (Fsp3) is 0.455. The Morgan fingerprint density at radius 1 is 1.39 bits per heavy atom. The molecule has 0 spiro atoms. The minimum atomic E-state index is -3.43. The third-order valence-electron chi connectivity index (χ3n) is 2.55. The molecule has 7 heteroatoms. The Hall–Kier alpha value is -1.47. The summed E-state index contributed by atoms with van der Waals surface area (Å²) in [5.74, 6) is 0. The summed E-state index contributed by atoms with van der Waals surface area (Å²) in [6, 6.07) is 3.82. The van der Waals surface area contributed by atoms with Crippen LogP contribution in [-0.2, 0) is 16.4 Å². The van der Waals surface area contributed by atoms with Gasteiger partial charge < -0.3 is 5.32 Å². The molecule has 1 N–H and O–H groups in total. The van der Waals surface area contributed by atoms with Crippen LogP contribution in [0, 0.1) is 10.1 Å². The summed E-state index contributed by atoms with van der Waals surface area (Å²) < 4.78 is 24.2. The van der Waals surface area contributed by atoms with Gasteiger partial charge in [0.1, 0.15) is 0 Å². The van der Waals surface area contributed by atoms with Gasteiger partial charge in [-0.05, 0) is 32.5 Å². The maximum Gasteiger partial charge on any atom is 0.269 e. The van der Waals surface area contributed by atoms with Crippen LogP contribution in [0.1, 0.15) is 19.4 Å². The molecule has 0 unspecified atom stereocenters. The Bertz CT molecular complexity index is 552. The highest BCUT2D eigenvalue weighted by atomic mass is 32.2. The van der Waals surface area contributed by atoms with Crippen LogP contribution < -0.4 is 5.32 Å². The molecule has 0 amide bonds. The summed E-state index contributed by atoms with van der Waals surface area (Å²) in [5, 5.41) is 12.9. The Morgan fingerprint density at radius 2 is 2.00 bits per heavy atom. The maximum absolute atomic E-state index is 12.1. The molecule has 0 bridgehead atoms. The van der Waals surface area contributed by atoms with Crippen molar-refractivity contribution >= 4 is 15.5 Å². The predicted molar refractivity (Wildman–Crippen MR) is 68.2 cm³/mol. The monoisotopic (exact) mass is 272 g/mol. The molecule has 0 atom stereocenters. The number of non-ortho nitro benzene ring substituents is 1. The van der Waals surface area contributed by atoms with Crippen LogP contribution in [0.25, 0.3) is 0 Å². The number of nitrogens with one attached hydrogen (secondary N) is 1. The van der Waals surface area contributed by atoms with Crippen molar-refractivity contribution in [3.05, 3.63) is 33.9 Å². The second-order valence-corrected chi connectivity index (χ2v) is 6.65. The second-order valence-electron chi connectivity index (χ2n) is 4.17. The number of nitro benzene ring substituents is 1. The highest BCUT2D eigenvalue weighted by Crippen LogP contribution is 2.24. The molecule has 0 aliphatic carbocycles. The first-order chi connectivity index (χ1) is 8.30. The summed E-state index contributed by atoms with van der Waals surface area (Å²) in [6.45, 7) is 3.43. The smallest absolute Gasteiger partial charge is 0.269 e. The lowest BCUT2D eigenvalue weighted by Gasteiger charge is -2.12. The Kier molecular flexibility index (Phi) is 4.42. The van der Waals surface area contributed by atoms with Crippen molar-refractivity contribution in [2.24, 2.45) is 0 Å². The van der Waals surface area contributed by atoms with Gasteiger partial charge in [-0.3, -0.25) is 10.1 Å². The molecule has 0 saturated carbocycles. The van der Waals surface area contributed by atoms with Crippen LogP contribution in [0.3, 0.4) is 0 Å². The molecule has 0 aliphatic rings. The first-order valence-electron chi connectivity index (χ1n) is 5.46. The summed E-state index contributed by atoms with van der Waals surface area (Å²) >= 11 is 0. The number of nitrogens with zero attached hydrogens (tertiary/aromatic N) is 1. The Morgan fingerprint density at radius 3 is 2.44 bits per heavy atom. The van der Waals surface area contributed by atoms with Gasteiger partial charge >= 0.3 is 0 Å². The van der Waals surface area contributed by atoms with E-state index in [0.717, 1.165) is 0 Å². The van der Waals surface area contributed by atoms with E-state index in [9.17, 15) is 18.5 Å². The lowest BCUT2D eigenvalue weighted by Crippen LogP contribution is -2.18. The summed E-state index contributed by atoms with van der Waals surface area (Å²) in [6.07, 6.45) is 0. The Balaban J connectivity index is 3.41. The van der Waals surface area contributed by atoms with Gasteiger partial charge in [-0.25, -0.2) is 8.42 Å². The molecule has 0 saturated heterocycles. The molecular weight excluding hydrogens is 256 g/mol. The molecule has 1 rings (SSSR count). The van der Waals surface area contributed by atoms with Gasteiger partial charge in [0.25, 0.3) is 5.69 Å². The SMILES string of the molecule is CNCc1cc([N+](=O)[O-])ccc1S(=O)(=O)C(C)C. The summed E-state index contributed by atoms with van der Waals surface area (Å²) in [5.41, 5.74) is 0.309. The zero-order chi connectivity index (χ0) is 13.9. The van der Waals surface area contributed by atoms with E-state index >= 15 is 0 Å². The number of benzene rings is 1. The number of nitro groups is 1. The quantitative estimate of drug-likeness (QED) is 0.648. The van der Waals surface area contributed by atoms with Gasteiger partial charge in [-0.2, -0.15) is 0 Å². The van der Waals surface area contributed by atoms with E-state index in [1.54, 1.807) is 20.9 Å². The average Bonchev–Trinajstić information content (AvgIpc) is 2.28. The Labute approximate surface area is 106 Å². The predicted octanol–water partition coefficient (Wildman–Crippen LogP) is 1.50. The number of sulfone groups is 1. The third kappa shape index (κ3) is 2.85. The van der Waals surface area contributed by atoms with Gasteiger partial charge in [-0.15, -0.1) is 0 Å². The van der Waals surface area contributed by atoms with E-state index in [1.165, 1.54) is 18.2 Å². The van der Waals surface area contributed by atoms with E-state index in [-0.39, 0.29) is 17.1 Å². The van der Waals surface area contributed by atoms with Gasteiger partial charge in [0.15, 0.2) is 9.84 Å². The molecule has 0 fully saturated rings. The minimum absolute atomic E-state index is 0.108. The number of rotatable bonds is 5. The van der Waals surface area contributed by atoms with Crippen molar-refractivity contribution in [2.75, 3.05) is 7.05 Å². The molecule has 0 aliphatic heterocycles. The highest BCUT2D eigenvalue weighted by Gasteiger charge is 2.24.